The lowest BCUT2D eigenvalue weighted by atomic mass is 10.1. The summed E-state index contributed by atoms with van der Waals surface area (Å²) in [6, 6.07) is 5.39. The molecule has 1 rings (SSSR count). The maximum Gasteiger partial charge on any atom is 0.339 e. The number of carbonyl (C=O) groups excluding carboxylic acids is 1. The van der Waals surface area contributed by atoms with Gasteiger partial charge < -0.3 is 4.74 Å². The van der Waals surface area contributed by atoms with Crippen LogP contribution in [0.1, 0.15) is 15.9 Å². The van der Waals surface area contributed by atoms with Crippen molar-refractivity contribution < 1.29 is 9.53 Å². The third-order valence-corrected chi connectivity index (χ3v) is 2.56. The van der Waals surface area contributed by atoms with Crippen molar-refractivity contribution in [3.8, 4) is 0 Å². The Hall–Kier alpha value is -0.540. The zero-order valence-electron chi connectivity index (χ0n) is 7.72. The van der Waals surface area contributed by atoms with Crippen LogP contribution in [-0.2, 0) is 11.2 Å². The molecule has 0 spiro atoms. The first-order chi connectivity index (χ1) is 6.70. The first kappa shape index (κ1) is 11.5. The topological polar surface area (TPSA) is 26.3 Å². The lowest BCUT2D eigenvalue weighted by Gasteiger charge is -2.07. The molecule has 4 heteroatoms. The summed E-state index contributed by atoms with van der Waals surface area (Å²) in [6.45, 7) is 0. The summed E-state index contributed by atoms with van der Waals surface area (Å²) in [5, 5.41) is 1.23. The van der Waals surface area contributed by atoms with Gasteiger partial charge >= 0.3 is 5.97 Å². The van der Waals surface area contributed by atoms with Gasteiger partial charge in [-0.15, -0.1) is 0 Å². The van der Waals surface area contributed by atoms with Crippen molar-refractivity contribution in [2.45, 2.75) is 6.42 Å². The molecule has 0 fully saturated rings. The molecule has 0 unspecified atom stereocenters. The van der Waals surface area contributed by atoms with E-state index in [0.717, 1.165) is 17.3 Å². The second-order valence-electron chi connectivity index (χ2n) is 2.70. The van der Waals surface area contributed by atoms with Crippen LogP contribution in [0.2, 0.25) is 5.02 Å². The lowest BCUT2D eigenvalue weighted by molar-refractivity contribution is 0.0600. The molecule has 0 aliphatic carbocycles. The van der Waals surface area contributed by atoms with Crippen LogP contribution in [0.3, 0.4) is 0 Å². The molecule has 1 aromatic carbocycles. The maximum atomic E-state index is 11.4. The molecule has 0 bridgehead atoms. The smallest absolute Gasteiger partial charge is 0.339 e. The number of benzene rings is 1. The molecule has 0 saturated heterocycles. The average molecular weight is 278 g/mol. The van der Waals surface area contributed by atoms with E-state index in [9.17, 15) is 4.79 Å². The minimum atomic E-state index is -0.383. The van der Waals surface area contributed by atoms with Gasteiger partial charge in [0.15, 0.2) is 0 Å². The van der Waals surface area contributed by atoms with Crippen molar-refractivity contribution in [1.82, 2.24) is 0 Å². The third-order valence-electron chi connectivity index (χ3n) is 1.85. The van der Waals surface area contributed by atoms with E-state index >= 15 is 0 Å². The molecule has 0 atom stereocenters. The number of hydrogen-bond donors (Lipinski definition) is 0. The van der Waals surface area contributed by atoms with E-state index < -0.39 is 0 Å². The molecule has 0 heterocycles. The fraction of sp³-hybridized carbons (Fsp3) is 0.300. The van der Waals surface area contributed by atoms with Crippen LogP contribution < -0.4 is 0 Å². The zero-order valence-corrected chi connectivity index (χ0v) is 10.1. The second-order valence-corrected chi connectivity index (χ2v) is 3.90. The normalized spacial score (nSPS) is 9.93. The summed E-state index contributed by atoms with van der Waals surface area (Å²) in [4.78, 5) is 11.4. The molecule has 0 aromatic heterocycles. The molecule has 2 nitrogen and oxygen atoms in total. The van der Waals surface area contributed by atoms with Crippen LogP contribution in [0.25, 0.3) is 0 Å². The van der Waals surface area contributed by atoms with Gasteiger partial charge in [-0.05, 0) is 18.1 Å². The molecule has 0 aliphatic rings. The first-order valence-electron chi connectivity index (χ1n) is 4.12. The maximum absolute atomic E-state index is 11.4. The summed E-state index contributed by atoms with van der Waals surface area (Å²) in [6.07, 6.45) is 0.755. The highest BCUT2D eigenvalue weighted by atomic mass is 79.9. The van der Waals surface area contributed by atoms with Crippen LogP contribution in [0.4, 0.5) is 0 Å². The van der Waals surface area contributed by atoms with E-state index in [1.54, 1.807) is 6.07 Å². The minimum Gasteiger partial charge on any atom is -0.465 e. The number of alkyl halides is 1. The number of ether oxygens (including phenoxy) is 1. The monoisotopic (exact) mass is 276 g/mol. The Labute approximate surface area is 96.3 Å². The highest BCUT2D eigenvalue weighted by Gasteiger charge is 2.14. The Balaban J connectivity index is 3.15. The summed E-state index contributed by atoms with van der Waals surface area (Å²) < 4.78 is 4.67. The Kier molecular flexibility index (Phi) is 4.42. The van der Waals surface area contributed by atoms with Crippen molar-refractivity contribution in [2.75, 3.05) is 12.4 Å². The molecule has 76 valence electrons. The fourth-order valence-corrected chi connectivity index (χ4v) is 1.91. The summed E-state index contributed by atoms with van der Waals surface area (Å²) in [7, 11) is 1.35. The third kappa shape index (κ3) is 2.49. The highest BCUT2D eigenvalue weighted by Crippen LogP contribution is 2.21. The van der Waals surface area contributed by atoms with Gasteiger partial charge in [0.05, 0.1) is 17.7 Å². The van der Waals surface area contributed by atoms with Crippen molar-refractivity contribution in [3.63, 3.8) is 0 Å². The van der Waals surface area contributed by atoms with E-state index in [1.165, 1.54) is 7.11 Å². The number of rotatable bonds is 3. The molecule has 0 amide bonds. The Bertz CT molecular complexity index is 339. The van der Waals surface area contributed by atoms with E-state index in [1.807, 2.05) is 12.1 Å². The van der Waals surface area contributed by atoms with Crippen LogP contribution in [0.5, 0.6) is 0 Å². The minimum absolute atomic E-state index is 0.383. The molecule has 0 saturated carbocycles. The van der Waals surface area contributed by atoms with Crippen molar-refractivity contribution in [3.05, 3.63) is 34.3 Å². The van der Waals surface area contributed by atoms with Crippen LogP contribution in [-0.4, -0.2) is 18.4 Å². The van der Waals surface area contributed by atoms with Gasteiger partial charge in [-0.25, -0.2) is 4.79 Å². The average Bonchev–Trinajstić information content (AvgIpc) is 2.18. The van der Waals surface area contributed by atoms with Crippen LogP contribution in [0.15, 0.2) is 18.2 Å². The number of hydrogen-bond acceptors (Lipinski definition) is 2. The predicted molar refractivity (Wildman–Crippen MR) is 60.3 cm³/mol. The standard InChI is InChI=1S/C10H10BrClO2/c1-14-10(13)9-7(5-6-11)3-2-4-8(9)12/h2-4H,5-6H2,1H3. The summed E-state index contributed by atoms with van der Waals surface area (Å²) in [5.41, 5.74) is 1.37. The first-order valence-corrected chi connectivity index (χ1v) is 5.62. The molecular weight excluding hydrogens is 267 g/mol. The van der Waals surface area contributed by atoms with Gasteiger partial charge in [0, 0.05) is 5.33 Å². The van der Waals surface area contributed by atoms with E-state index in [4.69, 9.17) is 11.6 Å². The molecule has 14 heavy (non-hydrogen) atoms. The van der Waals surface area contributed by atoms with Crippen LogP contribution >= 0.6 is 27.5 Å². The van der Waals surface area contributed by atoms with E-state index in [-0.39, 0.29) is 5.97 Å². The molecule has 1 aromatic rings. The number of methoxy groups -OCH3 is 1. The second kappa shape index (κ2) is 5.37. The molecule has 0 aliphatic heterocycles. The van der Waals surface area contributed by atoms with Crippen LogP contribution in [0, 0.1) is 0 Å². The van der Waals surface area contributed by atoms with E-state index in [2.05, 4.69) is 20.7 Å². The quantitative estimate of drug-likeness (QED) is 0.627. The lowest BCUT2D eigenvalue weighted by Crippen LogP contribution is -2.07. The van der Waals surface area contributed by atoms with Crippen molar-refractivity contribution in [2.24, 2.45) is 0 Å². The largest absolute Gasteiger partial charge is 0.465 e. The fourth-order valence-electron chi connectivity index (χ4n) is 1.21. The van der Waals surface area contributed by atoms with Crippen molar-refractivity contribution >= 4 is 33.5 Å². The van der Waals surface area contributed by atoms with Gasteiger partial charge in [0.2, 0.25) is 0 Å². The number of carbonyl (C=O) groups is 1. The van der Waals surface area contributed by atoms with E-state index in [0.29, 0.717) is 10.6 Å². The predicted octanol–water partition coefficient (Wildman–Crippen LogP) is 3.06. The number of halogens is 2. The summed E-state index contributed by atoms with van der Waals surface area (Å²) >= 11 is 9.24. The Morgan fingerprint density at radius 3 is 2.86 bits per heavy atom. The number of esters is 1. The van der Waals surface area contributed by atoms with Gasteiger partial charge in [0.25, 0.3) is 0 Å². The van der Waals surface area contributed by atoms with Gasteiger partial charge in [0.1, 0.15) is 0 Å². The van der Waals surface area contributed by atoms with Gasteiger partial charge in [-0.1, -0.05) is 39.7 Å². The number of aryl methyl sites for hydroxylation is 1. The Morgan fingerprint density at radius 2 is 2.29 bits per heavy atom. The Morgan fingerprint density at radius 1 is 1.57 bits per heavy atom. The van der Waals surface area contributed by atoms with Gasteiger partial charge in [-0.3, -0.25) is 0 Å². The molecule has 0 N–H and O–H groups in total. The summed E-state index contributed by atoms with van der Waals surface area (Å²) in [5.74, 6) is -0.383. The SMILES string of the molecule is COC(=O)c1c(Cl)cccc1CCBr. The molecule has 0 radical (unpaired) electrons. The van der Waals surface area contributed by atoms with Crippen molar-refractivity contribution in [1.29, 1.82) is 0 Å². The van der Waals surface area contributed by atoms with Gasteiger partial charge in [-0.2, -0.15) is 0 Å². The zero-order chi connectivity index (χ0) is 10.6. The molecular formula is C10H10BrClO2. The highest BCUT2D eigenvalue weighted by molar-refractivity contribution is 9.09.